The highest BCUT2D eigenvalue weighted by Gasteiger charge is 2.44. The second kappa shape index (κ2) is 37.6. The maximum Gasteiger partial charge on any atom is 0.220 e. The van der Waals surface area contributed by atoms with Gasteiger partial charge < -0.3 is 40.3 Å². The lowest BCUT2D eigenvalue weighted by Crippen LogP contribution is -2.60. The number of unbranched alkanes of at least 4 members (excludes halogenated alkanes) is 13. The van der Waals surface area contributed by atoms with E-state index < -0.39 is 49.5 Å². The highest BCUT2D eigenvalue weighted by atomic mass is 16.7. The van der Waals surface area contributed by atoms with Gasteiger partial charge in [-0.1, -0.05) is 157 Å². The van der Waals surface area contributed by atoms with Crippen LogP contribution in [0.4, 0.5) is 0 Å². The summed E-state index contributed by atoms with van der Waals surface area (Å²) in [5.41, 5.74) is 0. The molecule has 1 rings (SSSR count). The third kappa shape index (κ3) is 28.4. The Morgan fingerprint density at radius 3 is 1.67 bits per heavy atom. The fraction of sp³-hybridized carbons (Fsp3) is 0.688. The molecule has 0 bridgehead atoms. The lowest BCUT2D eigenvalue weighted by Gasteiger charge is -2.40. The first-order chi connectivity index (χ1) is 27.8. The Kier molecular flexibility index (Phi) is 34.6. The van der Waals surface area contributed by atoms with Gasteiger partial charge in [0, 0.05) is 6.42 Å². The van der Waals surface area contributed by atoms with Crippen molar-refractivity contribution in [2.75, 3.05) is 13.2 Å². The summed E-state index contributed by atoms with van der Waals surface area (Å²) in [5.74, 6) is -0.203. The van der Waals surface area contributed by atoms with Gasteiger partial charge in [-0.3, -0.25) is 4.79 Å². The summed E-state index contributed by atoms with van der Waals surface area (Å²) in [4.78, 5) is 12.9. The van der Waals surface area contributed by atoms with E-state index in [0.717, 1.165) is 96.3 Å². The molecule has 1 aliphatic rings. The molecule has 1 aliphatic heterocycles. The molecule has 9 heteroatoms. The summed E-state index contributed by atoms with van der Waals surface area (Å²) >= 11 is 0. The van der Waals surface area contributed by atoms with E-state index in [0.29, 0.717) is 6.42 Å². The SMILES string of the molecule is CC/C=C\C/C=C\C/C=C\C/C=C\CCCCCCCCCCCCC(=O)NC(COC1OC(CO)C(O)C(O)C1O)C(O)/C=C/CC/C=C/CC/C=C/CCC. The van der Waals surface area contributed by atoms with Crippen LogP contribution in [0, 0.1) is 0 Å². The van der Waals surface area contributed by atoms with E-state index in [-0.39, 0.29) is 12.5 Å². The summed E-state index contributed by atoms with van der Waals surface area (Å²) in [6, 6.07) is -0.833. The van der Waals surface area contributed by atoms with Crippen LogP contribution in [0.1, 0.15) is 155 Å². The molecule has 1 amide bonds. The fourth-order valence-corrected chi connectivity index (χ4v) is 6.36. The zero-order valence-corrected chi connectivity index (χ0v) is 35.6. The molecular formula is C48H81NO8. The molecule has 6 N–H and O–H groups in total. The first-order valence-electron chi connectivity index (χ1n) is 22.3. The van der Waals surface area contributed by atoms with Gasteiger partial charge in [0.15, 0.2) is 6.29 Å². The Labute approximate surface area is 346 Å². The predicted molar refractivity (Wildman–Crippen MR) is 235 cm³/mol. The summed E-state index contributed by atoms with van der Waals surface area (Å²) in [6.45, 7) is 3.53. The number of amides is 1. The van der Waals surface area contributed by atoms with E-state index >= 15 is 0 Å². The Morgan fingerprint density at radius 1 is 0.614 bits per heavy atom. The lowest BCUT2D eigenvalue weighted by atomic mass is 9.99. The van der Waals surface area contributed by atoms with Gasteiger partial charge >= 0.3 is 0 Å². The van der Waals surface area contributed by atoms with Gasteiger partial charge in [0.2, 0.25) is 5.91 Å². The van der Waals surface area contributed by atoms with Crippen molar-refractivity contribution in [3.05, 3.63) is 85.1 Å². The topological polar surface area (TPSA) is 149 Å². The van der Waals surface area contributed by atoms with E-state index in [9.17, 15) is 30.3 Å². The molecule has 1 fully saturated rings. The van der Waals surface area contributed by atoms with Crippen molar-refractivity contribution < 1.29 is 39.8 Å². The highest BCUT2D eigenvalue weighted by Crippen LogP contribution is 2.22. The zero-order valence-electron chi connectivity index (χ0n) is 35.6. The van der Waals surface area contributed by atoms with Crippen LogP contribution in [0.3, 0.4) is 0 Å². The normalized spacial score (nSPS) is 21.8. The summed E-state index contributed by atoms with van der Waals surface area (Å²) in [7, 11) is 0. The van der Waals surface area contributed by atoms with Crippen LogP contribution in [0.2, 0.25) is 0 Å². The Morgan fingerprint density at radius 2 is 1.11 bits per heavy atom. The number of ether oxygens (including phenoxy) is 2. The number of aliphatic hydroxyl groups is 5. The van der Waals surface area contributed by atoms with Gasteiger partial charge in [-0.25, -0.2) is 0 Å². The van der Waals surface area contributed by atoms with Crippen LogP contribution in [0.25, 0.3) is 0 Å². The fourth-order valence-electron chi connectivity index (χ4n) is 6.36. The number of allylic oxidation sites excluding steroid dienone is 13. The molecule has 326 valence electrons. The zero-order chi connectivity index (χ0) is 41.6. The van der Waals surface area contributed by atoms with Crippen molar-refractivity contribution in [1.82, 2.24) is 5.32 Å². The van der Waals surface area contributed by atoms with E-state index in [1.807, 2.05) is 6.08 Å². The molecule has 7 atom stereocenters. The van der Waals surface area contributed by atoms with Gasteiger partial charge in [-0.2, -0.15) is 0 Å². The van der Waals surface area contributed by atoms with Crippen LogP contribution in [-0.4, -0.2) is 87.5 Å². The van der Waals surface area contributed by atoms with Gasteiger partial charge in [-0.05, 0) is 77.0 Å². The Balaban J connectivity index is 2.32. The number of carbonyl (C=O) groups excluding carboxylic acids is 1. The number of nitrogens with one attached hydrogen (secondary N) is 1. The minimum atomic E-state index is -1.58. The first-order valence-corrected chi connectivity index (χ1v) is 22.3. The van der Waals surface area contributed by atoms with Crippen LogP contribution >= 0.6 is 0 Å². The number of carbonyl (C=O) groups is 1. The minimum absolute atomic E-state index is 0.203. The molecule has 0 spiro atoms. The maximum atomic E-state index is 12.9. The number of aliphatic hydroxyl groups excluding tert-OH is 5. The third-order valence-corrected chi connectivity index (χ3v) is 9.91. The van der Waals surface area contributed by atoms with Crippen molar-refractivity contribution in [2.24, 2.45) is 0 Å². The molecule has 0 aromatic carbocycles. The van der Waals surface area contributed by atoms with Crippen molar-refractivity contribution in [1.29, 1.82) is 0 Å². The molecule has 0 saturated carbocycles. The Hall–Kier alpha value is -2.63. The second-order valence-corrected chi connectivity index (χ2v) is 15.1. The lowest BCUT2D eigenvalue weighted by molar-refractivity contribution is -0.302. The average molecular weight is 800 g/mol. The van der Waals surface area contributed by atoms with Gasteiger partial charge in [0.1, 0.15) is 24.4 Å². The number of rotatable bonds is 35. The summed E-state index contributed by atoms with van der Waals surface area (Å²) < 4.78 is 11.2. The number of hydrogen-bond acceptors (Lipinski definition) is 8. The molecule has 0 aromatic heterocycles. The summed E-state index contributed by atoms with van der Waals surface area (Å²) in [5, 5.41) is 54.0. The van der Waals surface area contributed by atoms with E-state index in [4.69, 9.17) is 9.47 Å². The van der Waals surface area contributed by atoms with Crippen LogP contribution in [-0.2, 0) is 14.3 Å². The molecule has 1 saturated heterocycles. The van der Waals surface area contributed by atoms with Crippen molar-refractivity contribution in [3.8, 4) is 0 Å². The van der Waals surface area contributed by atoms with Crippen molar-refractivity contribution in [2.45, 2.75) is 198 Å². The third-order valence-electron chi connectivity index (χ3n) is 9.91. The minimum Gasteiger partial charge on any atom is -0.394 e. The van der Waals surface area contributed by atoms with E-state index in [2.05, 4.69) is 92.1 Å². The highest BCUT2D eigenvalue weighted by molar-refractivity contribution is 5.76. The van der Waals surface area contributed by atoms with E-state index in [1.165, 1.54) is 38.5 Å². The predicted octanol–water partition coefficient (Wildman–Crippen LogP) is 9.16. The average Bonchev–Trinajstić information content (AvgIpc) is 3.21. The van der Waals surface area contributed by atoms with Gasteiger partial charge in [0.05, 0.1) is 25.4 Å². The number of hydrogen-bond donors (Lipinski definition) is 6. The smallest absolute Gasteiger partial charge is 0.220 e. The molecule has 57 heavy (non-hydrogen) atoms. The van der Waals surface area contributed by atoms with Crippen LogP contribution in [0.5, 0.6) is 0 Å². The standard InChI is InChI=1S/C48H81NO8/c1-3-5-7-9-11-13-15-16-17-18-19-20-21-22-23-24-25-26-28-30-32-34-36-38-44(52)49-41(40-56-48-47(55)46(54)45(53)43(39-50)57-48)42(51)37-35-33-31-29-27-14-12-10-8-6-4-2/h5,7-8,10-11,13,16-17,19-20,27,29,35,37,41-43,45-48,50-51,53-55H,3-4,6,9,12,14-15,18,21-26,28,30-34,36,38-40H2,1-2H3,(H,49,52)/b7-5-,10-8+,13-11-,17-16-,20-19-,29-27+,37-35+. The van der Waals surface area contributed by atoms with Crippen LogP contribution < -0.4 is 5.32 Å². The largest absolute Gasteiger partial charge is 0.394 e. The van der Waals surface area contributed by atoms with Crippen LogP contribution in [0.15, 0.2) is 85.1 Å². The second-order valence-electron chi connectivity index (χ2n) is 15.1. The van der Waals surface area contributed by atoms with Gasteiger partial charge in [-0.15, -0.1) is 0 Å². The maximum absolute atomic E-state index is 12.9. The van der Waals surface area contributed by atoms with Gasteiger partial charge in [0.25, 0.3) is 0 Å². The van der Waals surface area contributed by atoms with Crippen molar-refractivity contribution >= 4 is 5.91 Å². The molecule has 0 aromatic rings. The quantitative estimate of drug-likeness (QED) is 0.0275. The Bertz CT molecular complexity index is 1160. The first kappa shape index (κ1) is 52.4. The summed E-state index contributed by atoms with van der Waals surface area (Å²) in [6.07, 6.45) is 44.9. The molecule has 1 heterocycles. The van der Waals surface area contributed by atoms with E-state index in [1.54, 1.807) is 6.08 Å². The van der Waals surface area contributed by atoms with Crippen molar-refractivity contribution in [3.63, 3.8) is 0 Å². The molecule has 7 unspecified atom stereocenters. The molecular weight excluding hydrogens is 719 g/mol. The molecule has 9 nitrogen and oxygen atoms in total. The monoisotopic (exact) mass is 800 g/mol. The molecule has 0 radical (unpaired) electrons. The molecule has 0 aliphatic carbocycles.